The van der Waals surface area contributed by atoms with Gasteiger partial charge in [0.15, 0.2) is 0 Å². The van der Waals surface area contributed by atoms with Gasteiger partial charge >= 0.3 is 0 Å². The van der Waals surface area contributed by atoms with Gasteiger partial charge in [-0.2, -0.15) is 5.10 Å². The number of hydrogen-bond donors (Lipinski definition) is 1. The molecule has 0 aliphatic heterocycles. The summed E-state index contributed by atoms with van der Waals surface area (Å²) in [6.45, 7) is 0. The average Bonchev–Trinajstić information content (AvgIpc) is 2.88. The van der Waals surface area contributed by atoms with E-state index >= 15 is 0 Å². The fraction of sp³-hybridized carbons (Fsp3) is 0. The minimum atomic E-state index is -4.00. The van der Waals surface area contributed by atoms with Crippen molar-refractivity contribution in [3.8, 4) is 0 Å². The molecule has 3 rings (SSSR count). The quantitative estimate of drug-likeness (QED) is 0.618. The number of hydrogen-bond acceptors (Lipinski definition) is 3. The van der Waals surface area contributed by atoms with Crippen LogP contribution in [-0.4, -0.2) is 18.0 Å². The monoisotopic (exact) mass is 437 g/mol. The molecule has 0 aliphatic rings. The third-order valence-electron chi connectivity index (χ3n) is 2.99. The molecule has 0 atom stereocenters. The summed E-state index contributed by atoms with van der Waals surface area (Å²) in [5.41, 5.74) is 0.260. The number of halogens is 4. The second kappa shape index (κ2) is 5.94. The Morgan fingerprint density at radius 3 is 2.74 bits per heavy atom. The van der Waals surface area contributed by atoms with Crippen molar-refractivity contribution >= 4 is 60.4 Å². The number of aromatic nitrogens is 2. The van der Waals surface area contributed by atoms with Gasteiger partial charge in [-0.05, 0) is 34.1 Å². The van der Waals surface area contributed by atoms with E-state index in [9.17, 15) is 12.8 Å². The number of pyridine rings is 1. The highest BCUT2D eigenvalue weighted by Crippen LogP contribution is 2.31. The topological polar surface area (TPSA) is 63.5 Å². The smallest absolute Gasteiger partial charge is 0.265 e. The Balaban J connectivity index is 2.06. The summed E-state index contributed by atoms with van der Waals surface area (Å²) in [4.78, 5) is -0.0754. The van der Waals surface area contributed by atoms with E-state index < -0.39 is 15.8 Å². The van der Waals surface area contributed by atoms with Crippen LogP contribution in [0.3, 0.4) is 0 Å². The molecule has 0 amide bonds. The van der Waals surface area contributed by atoms with Gasteiger partial charge in [0.25, 0.3) is 10.0 Å². The molecule has 1 N–H and O–H groups in total. The van der Waals surface area contributed by atoms with Crippen molar-refractivity contribution in [1.82, 2.24) is 9.61 Å². The van der Waals surface area contributed by atoms with Crippen LogP contribution >= 0.6 is 39.1 Å². The van der Waals surface area contributed by atoms with Gasteiger partial charge in [-0.25, -0.2) is 17.3 Å². The summed E-state index contributed by atoms with van der Waals surface area (Å²) in [6, 6.07) is 5.33. The van der Waals surface area contributed by atoms with Gasteiger partial charge in [0, 0.05) is 12.3 Å². The van der Waals surface area contributed by atoms with Gasteiger partial charge in [-0.3, -0.25) is 4.72 Å². The van der Waals surface area contributed by atoms with Gasteiger partial charge in [-0.1, -0.05) is 23.2 Å². The van der Waals surface area contributed by atoms with Crippen LogP contribution in [0.4, 0.5) is 10.1 Å². The lowest BCUT2D eigenvalue weighted by Crippen LogP contribution is -2.13. The van der Waals surface area contributed by atoms with Gasteiger partial charge in [0.05, 0.1) is 31.9 Å². The molecular weight excluding hydrogens is 432 g/mol. The molecule has 2 aromatic heterocycles. The first-order valence-electron chi connectivity index (χ1n) is 6.08. The summed E-state index contributed by atoms with van der Waals surface area (Å²) in [6.07, 6.45) is 2.65. The highest BCUT2D eigenvalue weighted by molar-refractivity contribution is 9.10. The van der Waals surface area contributed by atoms with Crippen LogP contribution in [0.25, 0.3) is 5.52 Å². The summed E-state index contributed by atoms with van der Waals surface area (Å²) in [7, 11) is -4.00. The average molecular weight is 439 g/mol. The highest BCUT2D eigenvalue weighted by atomic mass is 79.9. The number of fused-ring (bicyclic) bond motifs is 1. The van der Waals surface area contributed by atoms with E-state index in [0.29, 0.717) is 10.5 Å². The van der Waals surface area contributed by atoms with E-state index in [-0.39, 0.29) is 20.1 Å². The third kappa shape index (κ3) is 3.16. The number of benzene rings is 1. The Morgan fingerprint density at radius 1 is 1.26 bits per heavy atom. The maximum absolute atomic E-state index is 13.6. The second-order valence-corrected chi connectivity index (χ2v) is 7.89. The minimum absolute atomic E-state index is 0.0568. The molecule has 0 aliphatic carbocycles. The number of sulfonamides is 1. The Bertz CT molecular complexity index is 1020. The fourth-order valence-electron chi connectivity index (χ4n) is 1.94. The molecule has 0 saturated carbocycles. The molecule has 2 heterocycles. The molecule has 5 nitrogen and oxygen atoms in total. The summed E-state index contributed by atoms with van der Waals surface area (Å²) < 4.78 is 42.4. The number of rotatable bonds is 3. The van der Waals surface area contributed by atoms with Gasteiger partial charge in [0.2, 0.25) is 0 Å². The van der Waals surface area contributed by atoms with Crippen molar-refractivity contribution in [2.75, 3.05) is 4.72 Å². The highest BCUT2D eigenvalue weighted by Gasteiger charge is 2.21. The van der Waals surface area contributed by atoms with Crippen molar-refractivity contribution in [3.05, 3.63) is 57.0 Å². The van der Waals surface area contributed by atoms with Crippen LogP contribution in [0.15, 0.2) is 46.0 Å². The van der Waals surface area contributed by atoms with E-state index in [0.717, 1.165) is 6.07 Å². The Kier molecular flexibility index (Phi) is 4.26. The molecule has 0 unspecified atom stereocenters. The molecular formula is C13H7BrCl2FN3O2S. The number of nitrogens with zero attached hydrogens (tertiary/aromatic N) is 2. The lowest BCUT2D eigenvalue weighted by atomic mass is 10.3. The van der Waals surface area contributed by atoms with E-state index in [4.69, 9.17) is 23.2 Å². The first-order chi connectivity index (χ1) is 10.8. The van der Waals surface area contributed by atoms with Crippen molar-refractivity contribution in [2.24, 2.45) is 0 Å². The van der Waals surface area contributed by atoms with Crippen LogP contribution in [0.5, 0.6) is 0 Å². The molecule has 120 valence electrons. The third-order valence-corrected chi connectivity index (χ3v) is 5.51. The number of nitrogens with one attached hydrogen (secondary N) is 1. The standard InChI is InChI=1S/C13H7BrCl2FN3O2S/c14-8-3-9(16)11(4-10(8)17)19-23(21,22)13-5-18-20-6-7(15)1-2-12(13)20/h1-6,19H. The Hall–Kier alpha value is -1.35. The zero-order valence-corrected chi connectivity index (χ0v) is 15.0. The maximum Gasteiger partial charge on any atom is 0.265 e. The van der Waals surface area contributed by atoms with Gasteiger partial charge in [-0.15, -0.1) is 0 Å². The lowest BCUT2D eigenvalue weighted by molar-refractivity contribution is 0.602. The summed E-state index contributed by atoms with van der Waals surface area (Å²) in [5, 5.41) is 4.41. The van der Waals surface area contributed by atoms with E-state index in [1.807, 2.05) is 0 Å². The molecule has 0 saturated heterocycles. The van der Waals surface area contributed by atoms with Crippen LogP contribution in [0, 0.1) is 5.82 Å². The predicted octanol–water partition coefficient (Wildman–Crippen LogP) is 4.34. The van der Waals surface area contributed by atoms with Crippen LogP contribution in [0.2, 0.25) is 10.0 Å². The Morgan fingerprint density at radius 2 is 2.00 bits per heavy atom. The zero-order chi connectivity index (χ0) is 16.8. The molecule has 0 radical (unpaired) electrons. The summed E-state index contributed by atoms with van der Waals surface area (Å²) >= 11 is 14.8. The molecule has 0 spiro atoms. The van der Waals surface area contributed by atoms with Crippen molar-refractivity contribution in [2.45, 2.75) is 4.90 Å². The first kappa shape index (κ1) is 16.5. The van der Waals surface area contributed by atoms with Gasteiger partial charge in [0.1, 0.15) is 10.7 Å². The molecule has 0 bridgehead atoms. The van der Waals surface area contributed by atoms with Gasteiger partial charge < -0.3 is 0 Å². The normalized spacial score (nSPS) is 11.8. The fourth-order valence-corrected chi connectivity index (χ4v) is 4.03. The SMILES string of the molecule is O=S(=O)(Nc1cc(F)c(Br)cc1Cl)c1cnn2cc(Cl)ccc12. The number of anilines is 1. The van der Waals surface area contributed by atoms with E-state index in [1.54, 1.807) is 6.07 Å². The van der Waals surface area contributed by atoms with Crippen molar-refractivity contribution in [1.29, 1.82) is 0 Å². The van der Waals surface area contributed by atoms with E-state index in [1.165, 1.54) is 29.0 Å². The van der Waals surface area contributed by atoms with Crippen molar-refractivity contribution < 1.29 is 12.8 Å². The van der Waals surface area contributed by atoms with Crippen LogP contribution < -0.4 is 4.72 Å². The lowest BCUT2D eigenvalue weighted by Gasteiger charge is -2.09. The summed E-state index contributed by atoms with van der Waals surface area (Å²) in [5.74, 6) is -0.640. The Labute approximate surface area is 149 Å². The first-order valence-corrected chi connectivity index (χ1v) is 9.11. The molecule has 3 aromatic rings. The molecule has 0 fully saturated rings. The molecule has 23 heavy (non-hydrogen) atoms. The molecule has 1 aromatic carbocycles. The second-order valence-electron chi connectivity index (χ2n) is 4.54. The maximum atomic E-state index is 13.6. The minimum Gasteiger partial charge on any atom is -0.278 e. The van der Waals surface area contributed by atoms with Crippen LogP contribution in [-0.2, 0) is 10.0 Å². The largest absolute Gasteiger partial charge is 0.278 e. The van der Waals surface area contributed by atoms with Crippen molar-refractivity contribution in [3.63, 3.8) is 0 Å². The van der Waals surface area contributed by atoms with E-state index in [2.05, 4.69) is 25.8 Å². The van der Waals surface area contributed by atoms with Crippen LogP contribution in [0.1, 0.15) is 0 Å². The zero-order valence-electron chi connectivity index (χ0n) is 11.1. The predicted molar refractivity (Wildman–Crippen MR) is 90.1 cm³/mol. The molecule has 10 heteroatoms.